The Kier molecular flexibility index (Phi) is 11.1. The zero-order valence-electron chi connectivity index (χ0n) is 13.7. The predicted molar refractivity (Wildman–Crippen MR) is 85.0 cm³/mol. The molecule has 0 saturated heterocycles. The molecule has 118 valence electrons. The van der Waals surface area contributed by atoms with Crippen molar-refractivity contribution in [2.75, 3.05) is 7.05 Å². The number of nitrogens with zero attached hydrogens (tertiary/aromatic N) is 1. The lowest BCUT2D eigenvalue weighted by atomic mass is 9.88. The van der Waals surface area contributed by atoms with Crippen molar-refractivity contribution >= 4 is 12.3 Å². The van der Waals surface area contributed by atoms with Crippen LogP contribution in [-0.2, 0) is 4.84 Å². The van der Waals surface area contributed by atoms with Crippen LogP contribution >= 0.6 is 0 Å². The molecule has 0 saturated carbocycles. The maximum absolute atomic E-state index is 10.9. The minimum Gasteiger partial charge on any atom is -0.323 e. The highest BCUT2D eigenvalue weighted by atomic mass is 16.7. The Bertz CT molecular complexity index is 276. The highest BCUT2D eigenvalue weighted by Gasteiger charge is 2.14. The maximum atomic E-state index is 10.9. The van der Waals surface area contributed by atoms with Crippen LogP contribution in [0, 0.1) is 5.41 Å². The van der Waals surface area contributed by atoms with Crippen molar-refractivity contribution in [1.29, 1.82) is 0 Å². The number of unbranched alkanes of at least 4 members (excludes halogenated alkanes) is 7. The SMILES string of the molecule is CCCCCCCCCCC(C)(C)/C=N/OC(=O)NC. The van der Waals surface area contributed by atoms with Crippen molar-refractivity contribution in [2.45, 2.75) is 78.6 Å². The quantitative estimate of drug-likeness (QED) is 0.254. The normalized spacial score (nSPS) is 11.8. The van der Waals surface area contributed by atoms with E-state index in [0.29, 0.717) is 0 Å². The smallest absolute Gasteiger partial charge is 0.323 e. The molecule has 0 radical (unpaired) electrons. The molecule has 0 bridgehead atoms. The minimum atomic E-state index is -0.524. The fourth-order valence-electron chi connectivity index (χ4n) is 2.04. The molecule has 0 aromatic rings. The van der Waals surface area contributed by atoms with Crippen LogP contribution in [0.2, 0.25) is 0 Å². The molecule has 0 rings (SSSR count). The van der Waals surface area contributed by atoms with Crippen molar-refractivity contribution in [2.24, 2.45) is 10.6 Å². The third kappa shape index (κ3) is 12.0. The Hall–Kier alpha value is -1.06. The average Bonchev–Trinajstić information content (AvgIpc) is 2.41. The zero-order valence-corrected chi connectivity index (χ0v) is 13.7. The third-order valence-electron chi connectivity index (χ3n) is 3.42. The van der Waals surface area contributed by atoms with E-state index in [4.69, 9.17) is 0 Å². The van der Waals surface area contributed by atoms with Gasteiger partial charge in [-0.25, -0.2) is 4.79 Å². The van der Waals surface area contributed by atoms with Crippen LogP contribution in [0.4, 0.5) is 4.79 Å². The van der Waals surface area contributed by atoms with E-state index in [-0.39, 0.29) is 5.41 Å². The van der Waals surface area contributed by atoms with Gasteiger partial charge in [-0.15, -0.1) is 0 Å². The van der Waals surface area contributed by atoms with E-state index in [1.54, 1.807) is 6.21 Å². The lowest BCUT2D eigenvalue weighted by molar-refractivity contribution is 0.152. The monoisotopic (exact) mass is 284 g/mol. The van der Waals surface area contributed by atoms with Crippen LogP contribution in [0.5, 0.6) is 0 Å². The van der Waals surface area contributed by atoms with E-state index >= 15 is 0 Å². The number of carbonyl (C=O) groups is 1. The van der Waals surface area contributed by atoms with Crippen LogP contribution in [0.15, 0.2) is 5.16 Å². The highest BCUT2D eigenvalue weighted by molar-refractivity contribution is 5.69. The molecule has 0 unspecified atom stereocenters. The van der Waals surface area contributed by atoms with Gasteiger partial charge in [-0.1, -0.05) is 77.3 Å². The number of hydrogen-bond acceptors (Lipinski definition) is 3. The lowest BCUT2D eigenvalue weighted by Gasteiger charge is -2.18. The minimum absolute atomic E-state index is 0.0176. The van der Waals surface area contributed by atoms with Crippen molar-refractivity contribution in [3.63, 3.8) is 0 Å². The molecule has 1 N–H and O–H groups in total. The molecule has 1 amide bonds. The Balaban J connectivity index is 3.59. The Morgan fingerprint density at radius 3 is 2.20 bits per heavy atom. The van der Waals surface area contributed by atoms with Gasteiger partial charge in [-0.2, -0.15) is 0 Å². The summed E-state index contributed by atoms with van der Waals surface area (Å²) in [5, 5.41) is 6.08. The first-order chi connectivity index (χ1) is 9.52. The topological polar surface area (TPSA) is 50.7 Å². The number of carbonyl (C=O) groups excluding carboxylic acids is 1. The van der Waals surface area contributed by atoms with E-state index in [2.05, 4.69) is 36.1 Å². The molecule has 0 aromatic carbocycles. The third-order valence-corrected chi connectivity index (χ3v) is 3.42. The molecule has 0 aromatic heterocycles. The summed E-state index contributed by atoms with van der Waals surface area (Å²) in [7, 11) is 1.52. The van der Waals surface area contributed by atoms with E-state index in [9.17, 15) is 4.79 Å². The Morgan fingerprint density at radius 1 is 1.10 bits per heavy atom. The number of amides is 1. The van der Waals surface area contributed by atoms with E-state index in [0.717, 1.165) is 6.42 Å². The zero-order chi connectivity index (χ0) is 15.3. The molecule has 0 aliphatic heterocycles. The first-order valence-corrected chi connectivity index (χ1v) is 7.95. The number of rotatable bonds is 11. The van der Waals surface area contributed by atoms with Gasteiger partial charge in [0.05, 0.1) is 6.21 Å². The fraction of sp³-hybridized carbons (Fsp3) is 0.875. The van der Waals surface area contributed by atoms with Gasteiger partial charge < -0.3 is 5.32 Å². The fourth-order valence-corrected chi connectivity index (χ4v) is 2.04. The van der Waals surface area contributed by atoms with Gasteiger partial charge in [-0.3, -0.25) is 4.84 Å². The van der Waals surface area contributed by atoms with Gasteiger partial charge in [0.1, 0.15) is 0 Å². The Labute approximate surface area is 124 Å². The molecule has 4 nitrogen and oxygen atoms in total. The number of oxime groups is 1. The maximum Gasteiger partial charge on any atom is 0.433 e. The predicted octanol–water partition coefficient (Wildman–Crippen LogP) is 4.89. The van der Waals surface area contributed by atoms with Crippen LogP contribution in [0.1, 0.15) is 78.6 Å². The van der Waals surface area contributed by atoms with E-state index in [1.165, 1.54) is 58.4 Å². The molecule has 0 aliphatic carbocycles. The second kappa shape index (κ2) is 11.7. The molecule has 4 heteroatoms. The molecule has 0 fully saturated rings. The molecule has 0 heterocycles. The van der Waals surface area contributed by atoms with Gasteiger partial charge in [-0.05, 0) is 6.42 Å². The van der Waals surface area contributed by atoms with E-state index < -0.39 is 6.09 Å². The van der Waals surface area contributed by atoms with Crippen molar-refractivity contribution < 1.29 is 9.63 Å². The average molecular weight is 284 g/mol. The molecular formula is C16H32N2O2. The number of hydrogen-bond donors (Lipinski definition) is 1. The molecular weight excluding hydrogens is 252 g/mol. The second-order valence-corrected chi connectivity index (χ2v) is 6.08. The summed E-state index contributed by atoms with van der Waals surface area (Å²) < 4.78 is 0. The summed E-state index contributed by atoms with van der Waals surface area (Å²) in [6, 6.07) is 0. The van der Waals surface area contributed by atoms with Gasteiger partial charge in [0, 0.05) is 12.5 Å². The first-order valence-electron chi connectivity index (χ1n) is 7.95. The molecule has 20 heavy (non-hydrogen) atoms. The standard InChI is InChI=1S/C16H32N2O2/c1-5-6-7-8-9-10-11-12-13-16(2,3)14-18-20-15(19)17-4/h14H,5-13H2,1-4H3,(H,17,19)/b18-14+. The molecule has 0 atom stereocenters. The van der Waals surface area contributed by atoms with Gasteiger partial charge >= 0.3 is 6.09 Å². The van der Waals surface area contributed by atoms with Gasteiger partial charge in [0.15, 0.2) is 0 Å². The summed E-state index contributed by atoms with van der Waals surface area (Å²) in [6.07, 6.45) is 12.9. The highest BCUT2D eigenvalue weighted by Crippen LogP contribution is 2.22. The van der Waals surface area contributed by atoms with Crippen LogP contribution in [0.25, 0.3) is 0 Å². The van der Waals surface area contributed by atoms with Crippen LogP contribution in [0.3, 0.4) is 0 Å². The number of nitrogens with one attached hydrogen (secondary N) is 1. The van der Waals surface area contributed by atoms with Crippen molar-refractivity contribution in [1.82, 2.24) is 5.32 Å². The largest absolute Gasteiger partial charge is 0.433 e. The molecule has 0 spiro atoms. The van der Waals surface area contributed by atoms with Crippen LogP contribution < -0.4 is 5.32 Å². The summed E-state index contributed by atoms with van der Waals surface area (Å²) >= 11 is 0. The summed E-state index contributed by atoms with van der Waals surface area (Å²) in [6.45, 7) is 6.48. The summed E-state index contributed by atoms with van der Waals surface area (Å²) in [4.78, 5) is 15.5. The second-order valence-electron chi connectivity index (χ2n) is 6.08. The first kappa shape index (κ1) is 18.9. The summed E-state index contributed by atoms with van der Waals surface area (Å²) in [5.41, 5.74) is -0.0176. The van der Waals surface area contributed by atoms with Crippen molar-refractivity contribution in [3.8, 4) is 0 Å². The summed E-state index contributed by atoms with van der Waals surface area (Å²) in [5.74, 6) is 0. The van der Waals surface area contributed by atoms with E-state index in [1.807, 2.05) is 0 Å². The Morgan fingerprint density at radius 2 is 1.65 bits per heavy atom. The van der Waals surface area contributed by atoms with Crippen molar-refractivity contribution in [3.05, 3.63) is 0 Å². The van der Waals surface area contributed by atoms with Gasteiger partial charge in [0.2, 0.25) is 0 Å². The molecule has 0 aliphatic rings. The lowest BCUT2D eigenvalue weighted by Crippen LogP contribution is -2.18. The van der Waals surface area contributed by atoms with Crippen LogP contribution in [-0.4, -0.2) is 19.4 Å². The van der Waals surface area contributed by atoms with Gasteiger partial charge in [0.25, 0.3) is 0 Å².